The van der Waals surface area contributed by atoms with Gasteiger partial charge in [0.1, 0.15) is 5.82 Å². The number of nitrogens with zero attached hydrogens (tertiary/aromatic N) is 4. The molecule has 7 nitrogen and oxygen atoms in total. The maximum absolute atomic E-state index is 14.0. The van der Waals surface area contributed by atoms with Gasteiger partial charge in [-0.2, -0.15) is 4.98 Å². The fraction of sp³-hybridized carbons (Fsp3) is 0.136. The zero-order valence-corrected chi connectivity index (χ0v) is 16.6. The third kappa shape index (κ3) is 3.80. The van der Waals surface area contributed by atoms with Crippen LogP contribution in [0.4, 0.5) is 10.2 Å². The van der Waals surface area contributed by atoms with E-state index in [9.17, 15) is 9.18 Å². The first-order chi connectivity index (χ1) is 14.4. The molecule has 30 heavy (non-hydrogen) atoms. The van der Waals surface area contributed by atoms with Crippen LogP contribution in [-0.4, -0.2) is 26.0 Å². The minimum Gasteiger partial charge on any atom is -0.334 e. The highest BCUT2D eigenvalue weighted by molar-refractivity contribution is 6.04. The van der Waals surface area contributed by atoms with E-state index in [1.54, 1.807) is 32.2 Å². The van der Waals surface area contributed by atoms with Crippen LogP contribution in [0.15, 0.2) is 53.3 Å². The van der Waals surface area contributed by atoms with Gasteiger partial charge in [-0.3, -0.25) is 9.78 Å². The van der Waals surface area contributed by atoms with Gasteiger partial charge in [0, 0.05) is 11.1 Å². The Kier molecular flexibility index (Phi) is 5.05. The quantitative estimate of drug-likeness (QED) is 0.539. The lowest BCUT2D eigenvalue weighted by molar-refractivity contribution is 0.102. The van der Waals surface area contributed by atoms with Crippen LogP contribution in [-0.2, 0) is 0 Å². The van der Waals surface area contributed by atoms with Crippen LogP contribution in [0.1, 0.15) is 27.3 Å². The topological polar surface area (TPSA) is 93.8 Å². The van der Waals surface area contributed by atoms with Crippen molar-refractivity contribution < 1.29 is 13.7 Å². The Labute approximate surface area is 172 Å². The highest BCUT2D eigenvalue weighted by atomic mass is 19.1. The first-order valence-corrected chi connectivity index (χ1v) is 9.22. The lowest BCUT2D eigenvalue weighted by Crippen LogP contribution is -2.16. The number of benzene rings is 2. The molecule has 2 aromatic heterocycles. The van der Waals surface area contributed by atoms with Crippen molar-refractivity contribution in [3.05, 3.63) is 77.1 Å². The normalized spacial score (nSPS) is 10.8. The fourth-order valence-corrected chi connectivity index (χ4v) is 3.08. The minimum atomic E-state index is -0.583. The van der Waals surface area contributed by atoms with Gasteiger partial charge in [-0.1, -0.05) is 23.4 Å². The first kappa shape index (κ1) is 19.4. The molecule has 0 bridgehead atoms. The molecular formula is C22H18FN5O2. The van der Waals surface area contributed by atoms with E-state index in [4.69, 9.17) is 4.52 Å². The molecule has 0 saturated carbocycles. The summed E-state index contributed by atoms with van der Waals surface area (Å²) in [5, 5.41) is 6.40. The monoisotopic (exact) mass is 403 g/mol. The number of hydrogen-bond acceptors (Lipinski definition) is 6. The molecule has 0 unspecified atom stereocenters. The van der Waals surface area contributed by atoms with Crippen molar-refractivity contribution >= 4 is 11.7 Å². The molecule has 0 radical (unpaired) electrons. The summed E-state index contributed by atoms with van der Waals surface area (Å²) in [5.74, 6) is 0.0501. The second kappa shape index (κ2) is 7.82. The second-order valence-corrected chi connectivity index (χ2v) is 6.85. The Morgan fingerprint density at radius 2 is 1.87 bits per heavy atom. The van der Waals surface area contributed by atoms with Crippen molar-refractivity contribution in [1.29, 1.82) is 0 Å². The van der Waals surface area contributed by atoms with Crippen LogP contribution < -0.4 is 5.32 Å². The van der Waals surface area contributed by atoms with Gasteiger partial charge in [-0.05, 0) is 50.1 Å². The molecule has 0 aliphatic rings. The first-order valence-electron chi connectivity index (χ1n) is 9.22. The molecule has 0 fully saturated rings. The number of carbonyl (C=O) groups excluding carboxylic acids is 1. The van der Waals surface area contributed by atoms with E-state index in [-0.39, 0.29) is 11.4 Å². The number of amides is 1. The number of carbonyl (C=O) groups is 1. The van der Waals surface area contributed by atoms with Crippen molar-refractivity contribution in [1.82, 2.24) is 20.1 Å². The summed E-state index contributed by atoms with van der Waals surface area (Å²) in [6.07, 6.45) is 2.99. The summed E-state index contributed by atoms with van der Waals surface area (Å²) in [4.78, 5) is 25.3. The van der Waals surface area contributed by atoms with Crippen molar-refractivity contribution in [2.24, 2.45) is 0 Å². The number of halogens is 1. The smallest absolute Gasteiger partial charge is 0.260 e. The zero-order valence-electron chi connectivity index (χ0n) is 16.6. The lowest BCUT2D eigenvalue weighted by Gasteiger charge is -2.09. The van der Waals surface area contributed by atoms with Crippen LogP contribution in [0.2, 0.25) is 0 Å². The van der Waals surface area contributed by atoms with E-state index in [0.29, 0.717) is 23.0 Å². The molecule has 1 N–H and O–H groups in total. The standard InChI is InChI=1S/C22H18FN5O2/c1-12-7-8-15(22-26-14(3)28-30-22)9-16(12)18-10-25-19(11-24-18)27-21(29)20-13(2)5-4-6-17(20)23/h4-11H,1-3H3,(H,25,27,29). The molecule has 0 saturated heterocycles. The summed E-state index contributed by atoms with van der Waals surface area (Å²) in [7, 11) is 0. The average molecular weight is 403 g/mol. The molecule has 2 aromatic carbocycles. The average Bonchev–Trinajstić information content (AvgIpc) is 3.15. The second-order valence-electron chi connectivity index (χ2n) is 6.85. The Balaban J connectivity index is 1.59. The van der Waals surface area contributed by atoms with Gasteiger partial charge >= 0.3 is 0 Å². The number of nitrogens with one attached hydrogen (secondary N) is 1. The Morgan fingerprint density at radius 3 is 2.53 bits per heavy atom. The Morgan fingerprint density at radius 1 is 1.03 bits per heavy atom. The third-order valence-electron chi connectivity index (χ3n) is 4.63. The third-order valence-corrected chi connectivity index (χ3v) is 4.63. The molecule has 8 heteroatoms. The molecule has 1 amide bonds. The van der Waals surface area contributed by atoms with Crippen LogP contribution in [0.25, 0.3) is 22.7 Å². The molecule has 0 aliphatic carbocycles. The van der Waals surface area contributed by atoms with E-state index in [2.05, 4.69) is 25.4 Å². The predicted molar refractivity (Wildman–Crippen MR) is 109 cm³/mol. The number of aryl methyl sites for hydroxylation is 3. The van der Waals surface area contributed by atoms with Gasteiger partial charge < -0.3 is 9.84 Å². The molecule has 4 aromatic rings. The maximum atomic E-state index is 14.0. The largest absolute Gasteiger partial charge is 0.334 e. The van der Waals surface area contributed by atoms with Crippen LogP contribution >= 0.6 is 0 Å². The highest BCUT2D eigenvalue weighted by Crippen LogP contribution is 2.27. The van der Waals surface area contributed by atoms with Crippen molar-refractivity contribution in [2.45, 2.75) is 20.8 Å². The minimum absolute atomic E-state index is 0.0122. The van der Waals surface area contributed by atoms with Crippen molar-refractivity contribution in [3.63, 3.8) is 0 Å². The lowest BCUT2D eigenvalue weighted by atomic mass is 10.0. The van der Waals surface area contributed by atoms with Gasteiger partial charge in [-0.25, -0.2) is 9.37 Å². The molecule has 0 spiro atoms. The van der Waals surface area contributed by atoms with Crippen LogP contribution in [0.5, 0.6) is 0 Å². The molecular weight excluding hydrogens is 385 g/mol. The summed E-state index contributed by atoms with van der Waals surface area (Å²) < 4.78 is 19.2. The number of rotatable bonds is 4. The van der Waals surface area contributed by atoms with E-state index in [1.807, 2.05) is 25.1 Å². The van der Waals surface area contributed by atoms with Crippen molar-refractivity contribution in [3.8, 4) is 22.7 Å². The molecule has 2 heterocycles. The summed E-state index contributed by atoms with van der Waals surface area (Å²) in [6.45, 7) is 5.38. The molecule has 150 valence electrons. The number of anilines is 1. The van der Waals surface area contributed by atoms with E-state index < -0.39 is 11.7 Å². The molecule has 0 atom stereocenters. The van der Waals surface area contributed by atoms with Crippen molar-refractivity contribution in [2.75, 3.05) is 5.32 Å². The maximum Gasteiger partial charge on any atom is 0.260 e. The number of aromatic nitrogens is 4. The molecule has 4 rings (SSSR count). The summed E-state index contributed by atoms with van der Waals surface area (Å²) >= 11 is 0. The summed E-state index contributed by atoms with van der Waals surface area (Å²) in [6, 6.07) is 10.2. The van der Waals surface area contributed by atoms with E-state index in [0.717, 1.165) is 16.7 Å². The van der Waals surface area contributed by atoms with Gasteiger partial charge in [0.25, 0.3) is 11.8 Å². The summed E-state index contributed by atoms with van der Waals surface area (Å²) in [5.41, 5.74) is 3.75. The van der Waals surface area contributed by atoms with Gasteiger partial charge in [0.15, 0.2) is 11.6 Å². The van der Waals surface area contributed by atoms with Gasteiger partial charge in [0.2, 0.25) is 0 Å². The van der Waals surface area contributed by atoms with Crippen LogP contribution in [0, 0.1) is 26.6 Å². The number of hydrogen-bond donors (Lipinski definition) is 1. The van der Waals surface area contributed by atoms with Gasteiger partial charge in [-0.15, -0.1) is 0 Å². The Bertz CT molecular complexity index is 1210. The van der Waals surface area contributed by atoms with Gasteiger partial charge in [0.05, 0.1) is 23.7 Å². The molecule has 0 aliphatic heterocycles. The SMILES string of the molecule is Cc1noc(-c2ccc(C)c(-c3cnc(NC(=O)c4c(C)cccc4F)cn3)c2)n1. The van der Waals surface area contributed by atoms with E-state index in [1.165, 1.54) is 12.3 Å². The zero-order chi connectivity index (χ0) is 21.3. The highest BCUT2D eigenvalue weighted by Gasteiger charge is 2.16. The van der Waals surface area contributed by atoms with Crippen LogP contribution in [0.3, 0.4) is 0 Å². The fourth-order valence-electron chi connectivity index (χ4n) is 3.08. The predicted octanol–water partition coefficient (Wildman–Crippen LogP) is 4.51. The Hall–Kier alpha value is -3.94. The van der Waals surface area contributed by atoms with E-state index >= 15 is 0 Å².